The summed E-state index contributed by atoms with van der Waals surface area (Å²) >= 11 is 17.5. The highest BCUT2D eigenvalue weighted by molar-refractivity contribution is 9.24. The van der Waals surface area contributed by atoms with Crippen molar-refractivity contribution in [1.82, 2.24) is 0 Å². The number of alkyl halides is 4. The second-order valence-electron chi connectivity index (χ2n) is 1.36. The molecule has 0 aromatic heterocycles. The van der Waals surface area contributed by atoms with Gasteiger partial charge in [-0.05, 0) is 12.8 Å². The summed E-state index contributed by atoms with van der Waals surface area (Å²) in [4.78, 5) is -0.229. The van der Waals surface area contributed by atoms with Crippen molar-refractivity contribution in [3.05, 3.63) is 0 Å². The summed E-state index contributed by atoms with van der Waals surface area (Å²) in [6.07, 6.45) is 1.78. The van der Waals surface area contributed by atoms with Crippen molar-refractivity contribution in [3.63, 3.8) is 0 Å². The number of hydrogen-bond acceptors (Lipinski definition) is 0. The number of rotatable bonds is 3. The Bertz CT molecular complexity index is 48.0. The fraction of sp³-hybridized carbons (Fsp3) is 1.00. The fourth-order valence-electron chi connectivity index (χ4n) is 0.252. The van der Waals surface area contributed by atoms with Crippen molar-refractivity contribution in [2.24, 2.45) is 0 Å². The lowest BCUT2D eigenvalue weighted by Crippen LogP contribution is -1.91. The van der Waals surface area contributed by atoms with Crippen LogP contribution in [0.4, 0.5) is 0 Å². The van der Waals surface area contributed by atoms with E-state index in [1.54, 1.807) is 0 Å². The quantitative estimate of drug-likeness (QED) is 0.694. The van der Waals surface area contributed by atoms with Gasteiger partial charge in [-0.25, -0.2) is 0 Å². The molecule has 50 valence electrons. The lowest BCUT2D eigenvalue weighted by molar-refractivity contribution is 0.857. The van der Waals surface area contributed by atoms with E-state index in [1.807, 2.05) is 0 Å². The summed E-state index contributed by atoms with van der Waals surface area (Å²) in [7, 11) is 0. The van der Waals surface area contributed by atoms with Gasteiger partial charge in [0.1, 0.15) is 4.84 Å². The summed E-state index contributed by atoms with van der Waals surface area (Å²) in [5.41, 5.74) is 0. The smallest absolute Gasteiger partial charge is 0.105 e. The van der Waals surface area contributed by atoms with Crippen LogP contribution in [0, 0.1) is 0 Å². The average molecular weight is 285 g/mol. The third kappa shape index (κ3) is 7.54. The van der Waals surface area contributed by atoms with Crippen LogP contribution in [-0.2, 0) is 0 Å². The summed E-state index contributed by atoms with van der Waals surface area (Å²) in [5.74, 6) is 0. The molecule has 0 amide bonds. The predicted octanol–water partition coefficient (Wildman–Crippen LogP) is 3.69. The minimum absolute atomic E-state index is 0.229. The van der Waals surface area contributed by atoms with Crippen LogP contribution in [0.3, 0.4) is 0 Å². The van der Waals surface area contributed by atoms with E-state index in [2.05, 4.69) is 31.9 Å². The van der Waals surface area contributed by atoms with Gasteiger partial charge in [-0.3, -0.25) is 0 Å². The average Bonchev–Trinajstić information content (AvgIpc) is 1.61. The second-order valence-corrected chi connectivity index (χ2v) is 6.08. The molecular weight excluding hydrogens is 279 g/mol. The molecule has 0 aromatic rings. The van der Waals surface area contributed by atoms with Gasteiger partial charge in [-0.2, -0.15) is 0 Å². The van der Waals surface area contributed by atoms with E-state index in [9.17, 15) is 0 Å². The van der Waals surface area contributed by atoms with Crippen LogP contribution in [0.5, 0.6) is 0 Å². The van der Waals surface area contributed by atoms with Gasteiger partial charge in [0, 0.05) is 0 Å². The van der Waals surface area contributed by atoms with Crippen molar-refractivity contribution in [3.8, 4) is 0 Å². The lowest BCUT2D eigenvalue weighted by Gasteiger charge is -1.99. The van der Waals surface area contributed by atoms with E-state index in [4.69, 9.17) is 23.2 Å². The van der Waals surface area contributed by atoms with Gasteiger partial charge in [-0.15, -0.1) is 23.2 Å². The summed E-state index contributed by atoms with van der Waals surface area (Å²) < 4.78 is 0.343. The third-order valence-corrected chi connectivity index (χ3v) is 1.96. The molecule has 0 saturated carbocycles. The SMILES string of the molecule is ClC(Cl)CCC(Br)Br. The Kier molecular flexibility index (Phi) is 6.36. The maximum Gasteiger partial charge on any atom is 0.107 e. The minimum Gasteiger partial charge on any atom is -0.105 e. The van der Waals surface area contributed by atoms with Crippen molar-refractivity contribution < 1.29 is 0 Å². The van der Waals surface area contributed by atoms with E-state index in [0.717, 1.165) is 12.8 Å². The zero-order valence-corrected chi connectivity index (χ0v) is 8.76. The van der Waals surface area contributed by atoms with Crippen molar-refractivity contribution in [1.29, 1.82) is 0 Å². The Balaban J connectivity index is 2.93. The molecule has 0 radical (unpaired) electrons. The first-order chi connectivity index (χ1) is 3.63. The van der Waals surface area contributed by atoms with Crippen LogP contribution in [0.1, 0.15) is 12.8 Å². The predicted molar refractivity (Wildman–Crippen MR) is 46.4 cm³/mol. The molecule has 0 bridgehead atoms. The van der Waals surface area contributed by atoms with Crippen LogP contribution >= 0.6 is 55.1 Å². The molecule has 0 spiro atoms. The number of halogens is 4. The molecule has 0 rings (SSSR count). The molecule has 0 saturated heterocycles. The first kappa shape index (κ1) is 9.54. The van der Waals surface area contributed by atoms with Gasteiger partial charge >= 0.3 is 0 Å². The maximum atomic E-state index is 5.45. The largest absolute Gasteiger partial charge is 0.107 e. The van der Waals surface area contributed by atoms with Crippen molar-refractivity contribution in [2.75, 3.05) is 0 Å². The van der Waals surface area contributed by atoms with E-state index >= 15 is 0 Å². The molecule has 0 aliphatic carbocycles. The standard InChI is InChI=1S/C4H6Br2Cl2/c5-3(6)1-2-4(7)8/h3-4H,1-2H2. The highest BCUT2D eigenvalue weighted by Gasteiger charge is 2.01. The normalized spacial score (nSPS) is 11.2. The van der Waals surface area contributed by atoms with E-state index in [1.165, 1.54) is 0 Å². The lowest BCUT2D eigenvalue weighted by atomic mass is 10.4. The Morgan fingerprint density at radius 3 is 1.75 bits per heavy atom. The molecule has 8 heavy (non-hydrogen) atoms. The molecule has 0 nitrogen and oxygen atoms in total. The molecule has 4 heteroatoms. The topological polar surface area (TPSA) is 0 Å². The molecule has 0 N–H and O–H groups in total. The summed E-state index contributed by atoms with van der Waals surface area (Å²) in [6.45, 7) is 0. The summed E-state index contributed by atoms with van der Waals surface area (Å²) in [6, 6.07) is 0. The van der Waals surface area contributed by atoms with E-state index in [-0.39, 0.29) is 4.84 Å². The van der Waals surface area contributed by atoms with Gasteiger partial charge in [0.05, 0.1) is 3.74 Å². The first-order valence-electron chi connectivity index (χ1n) is 2.19. The minimum atomic E-state index is -0.229. The zero-order chi connectivity index (χ0) is 6.57. The highest BCUT2D eigenvalue weighted by atomic mass is 79.9. The van der Waals surface area contributed by atoms with Crippen LogP contribution in [0.2, 0.25) is 0 Å². The van der Waals surface area contributed by atoms with Crippen molar-refractivity contribution >= 4 is 55.1 Å². The monoisotopic (exact) mass is 282 g/mol. The van der Waals surface area contributed by atoms with Gasteiger partial charge in [0.2, 0.25) is 0 Å². The third-order valence-electron chi connectivity index (χ3n) is 0.603. The Morgan fingerprint density at radius 1 is 1.12 bits per heavy atom. The van der Waals surface area contributed by atoms with E-state index < -0.39 is 0 Å². The van der Waals surface area contributed by atoms with E-state index in [0.29, 0.717) is 3.74 Å². The molecule has 0 atom stereocenters. The van der Waals surface area contributed by atoms with Gasteiger partial charge in [0.15, 0.2) is 0 Å². The van der Waals surface area contributed by atoms with Crippen LogP contribution < -0.4 is 0 Å². The highest BCUT2D eigenvalue weighted by Crippen LogP contribution is 2.19. The van der Waals surface area contributed by atoms with Gasteiger partial charge in [0.25, 0.3) is 0 Å². The maximum absolute atomic E-state index is 5.45. The molecule has 0 unspecified atom stereocenters. The Morgan fingerprint density at radius 2 is 1.62 bits per heavy atom. The molecule has 0 heterocycles. The summed E-state index contributed by atoms with van der Waals surface area (Å²) in [5, 5.41) is 0. The molecule has 0 fully saturated rings. The molecular formula is C4H6Br2Cl2. The van der Waals surface area contributed by atoms with Gasteiger partial charge < -0.3 is 0 Å². The first-order valence-corrected chi connectivity index (χ1v) is 4.89. The zero-order valence-electron chi connectivity index (χ0n) is 4.08. The molecule has 0 aliphatic rings. The molecule has 0 aliphatic heterocycles. The van der Waals surface area contributed by atoms with Crippen LogP contribution in [0.15, 0.2) is 0 Å². The van der Waals surface area contributed by atoms with Crippen LogP contribution in [0.25, 0.3) is 0 Å². The van der Waals surface area contributed by atoms with Crippen molar-refractivity contribution in [2.45, 2.75) is 21.4 Å². The Hall–Kier alpha value is 1.54. The Labute approximate surface area is 76.2 Å². The van der Waals surface area contributed by atoms with Gasteiger partial charge in [-0.1, -0.05) is 31.9 Å². The van der Waals surface area contributed by atoms with Crippen LogP contribution in [-0.4, -0.2) is 8.57 Å². The fourth-order valence-corrected chi connectivity index (χ4v) is 1.03. The molecule has 0 aromatic carbocycles. The second kappa shape index (κ2) is 5.33. The number of hydrogen-bond donors (Lipinski definition) is 0.